The molecule has 0 saturated heterocycles. The molecule has 0 aliphatic heterocycles. The number of furan rings is 1. The monoisotopic (exact) mass is 482 g/mol. The van der Waals surface area contributed by atoms with E-state index in [0.29, 0.717) is 18.7 Å². The number of carbonyl (C=O) groups is 1. The van der Waals surface area contributed by atoms with Crippen molar-refractivity contribution < 1.29 is 9.21 Å². The summed E-state index contributed by atoms with van der Waals surface area (Å²) in [6.07, 6.45) is 1.97. The van der Waals surface area contributed by atoms with Crippen LogP contribution in [0.15, 0.2) is 87.0 Å². The average molecular weight is 483 g/mol. The standard InChI is InChI=1S/C22H19BrN4O2S/c23-19-11-5-4-10-18(19)21-25-26-22(27(21)16-7-2-1-3-8-16)30-14-12-20(28)24-15-17-9-6-13-29-17/h1-11,13H,12,14-15H2,(H,24,28). The number of hydrogen-bond acceptors (Lipinski definition) is 5. The van der Waals surface area contributed by atoms with Gasteiger partial charge in [0.15, 0.2) is 11.0 Å². The van der Waals surface area contributed by atoms with Crippen molar-refractivity contribution in [2.75, 3.05) is 5.75 Å². The second kappa shape index (κ2) is 9.77. The molecule has 2 heterocycles. The molecule has 2 aromatic heterocycles. The molecule has 0 radical (unpaired) electrons. The molecule has 4 rings (SSSR count). The highest BCUT2D eigenvalue weighted by molar-refractivity contribution is 9.10. The van der Waals surface area contributed by atoms with Gasteiger partial charge in [-0.25, -0.2) is 0 Å². The van der Waals surface area contributed by atoms with E-state index in [0.717, 1.165) is 32.5 Å². The van der Waals surface area contributed by atoms with Gasteiger partial charge in [-0.1, -0.05) is 64.1 Å². The molecule has 1 amide bonds. The molecule has 0 bridgehead atoms. The first kappa shape index (κ1) is 20.4. The van der Waals surface area contributed by atoms with Gasteiger partial charge in [-0.3, -0.25) is 9.36 Å². The van der Waals surface area contributed by atoms with Gasteiger partial charge >= 0.3 is 0 Å². The largest absolute Gasteiger partial charge is 0.467 e. The smallest absolute Gasteiger partial charge is 0.221 e. The fourth-order valence-corrected chi connectivity index (χ4v) is 4.26. The Labute approximate surface area is 186 Å². The summed E-state index contributed by atoms with van der Waals surface area (Å²) in [6.45, 7) is 0.392. The van der Waals surface area contributed by atoms with Crippen LogP contribution in [-0.2, 0) is 11.3 Å². The molecule has 2 aromatic carbocycles. The van der Waals surface area contributed by atoms with Crippen molar-refractivity contribution >= 4 is 33.6 Å². The minimum atomic E-state index is -0.0318. The minimum absolute atomic E-state index is 0.0318. The third kappa shape index (κ3) is 4.83. The number of thioether (sulfide) groups is 1. The van der Waals surface area contributed by atoms with Gasteiger partial charge in [-0.05, 0) is 30.3 Å². The van der Waals surface area contributed by atoms with E-state index in [-0.39, 0.29) is 5.91 Å². The zero-order valence-electron chi connectivity index (χ0n) is 16.0. The summed E-state index contributed by atoms with van der Waals surface area (Å²) in [7, 11) is 0. The maximum absolute atomic E-state index is 12.1. The molecular weight excluding hydrogens is 464 g/mol. The Kier molecular flexibility index (Phi) is 6.66. The van der Waals surface area contributed by atoms with Crippen LogP contribution < -0.4 is 5.32 Å². The minimum Gasteiger partial charge on any atom is -0.467 e. The van der Waals surface area contributed by atoms with Crippen molar-refractivity contribution in [3.63, 3.8) is 0 Å². The first-order valence-corrected chi connectivity index (χ1v) is 11.2. The highest BCUT2D eigenvalue weighted by Crippen LogP contribution is 2.32. The van der Waals surface area contributed by atoms with Crippen LogP contribution in [0.2, 0.25) is 0 Å². The predicted octanol–water partition coefficient (Wildman–Crippen LogP) is 5.09. The van der Waals surface area contributed by atoms with Crippen LogP contribution in [0.4, 0.5) is 0 Å². The van der Waals surface area contributed by atoms with Crippen molar-refractivity contribution in [2.24, 2.45) is 0 Å². The molecule has 0 aliphatic carbocycles. The van der Waals surface area contributed by atoms with Crippen molar-refractivity contribution in [2.45, 2.75) is 18.1 Å². The number of carbonyl (C=O) groups excluding carboxylic acids is 1. The zero-order chi connectivity index (χ0) is 20.8. The molecule has 0 spiro atoms. The second-order valence-electron chi connectivity index (χ2n) is 6.41. The van der Waals surface area contributed by atoms with Crippen LogP contribution in [0.5, 0.6) is 0 Å². The lowest BCUT2D eigenvalue weighted by Crippen LogP contribution is -2.22. The first-order chi connectivity index (χ1) is 14.7. The number of hydrogen-bond donors (Lipinski definition) is 1. The van der Waals surface area contributed by atoms with E-state index in [1.807, 2.05) is 65.2 Å². The van der Waals surface area contributed by atoms with Gasteiger partial charge < -0.3 is 9.73 Å². The van der Waals surface area contributed by atoms with Crippen LogP contribution >= 0.6 is 27.7 Å². The number of aromatic nitrogens is 3. The zero-order valence-corrected chi connectivity index (χ0v) is 18.4. The molecule has 0 unspecified atom stereocenters. The Morgan fingerprint density at radius 1 is 1.03 bits per heavy atom. The average Bonchev–Trinajstić information content (AvgIpc) is 3.43. The van der Waals surface area contributed by atoms with E-state index < -0.39 is 0 Å². The van der Waals surface area contributed by atoms with E-state index in [9.17, 15) is 4.79 Å². The maximum Gasteiger partial charge on any atom is 0.221 e. The van der Waals surface area contributed by atoms with Crippen molar-refractivity contribution in [3.8, 4) is 17.1 Å². The normalized spacial score (nSPS) is 10.8. The van der Waals surface area contributed by atoms with E-state index >= 15 is 0 Å². The topological polar surface area (TPSA) is 73.0 Å². The lowest BCUT2D eigenvalue weighted by atomic mass is 10.2. The summed E-state index contributed by atoms with van der Waals surface area (Å²) < 4.78 is 8.20. The number of para-hydroxylation sites is 1. The molecule has 1 N–H and O–H groups in total. The number of benzene rings is 2. The summed E-state index contributed by atoms with van der Waals surface area (Å²) >= 11 is 5.11. The van der Waals surface area contributed by atoms with Gasteiger partial charge in [0.1, 0.15) is 5.76 Å². The summed E-state index contributed by atoms with van der Waals surface area (Å²) in [5, 5.41) is 12.4. The van der Waals surface area contributed by atoms with Crippen LogP contribution in [0.25, 0.3) is 17.1 Å². The first-order valence-electron chi connectivity index (χ1n) is 9.40. The van der Waals surface area contributed by atoms with Crippen LogP contribution in [0.3, 0.4) is 0 Å². The lowest BCUT2D eigenvalue weighted by molar-refractivity contribution is -0.120. The fourth-order valence-electron chi connectivity index (χ4n) is 2.91. The number of rotatable bonds is 8. The van der Waals surface area contributed by atoms with Crippen molar-refractivity contribution in [3.05, 3.63) is 83.2 Å². The Balaban J connectivity index is 1.49. The summed E-state index contributed by atoms with van der Waals surface area (Å²) in [5.74, 6) is 2.04. The van der Waals surface area contributed by atoms with Gasteiger partial charge in [-0.15, -0.1) is 10.2 Å². The van der Waals surface area contributed by atoms with Crippen molar-refractivity contribution in [1.82, 2.24) is 20.1 Å². The molecule has 0 aliphatic rings. The molecule has 0 atom stereocenters. The second-order valence-corrected chi connectivity index (χ2v) is 8.33. The number of halogens is 1. The quantitative estimate of drug-likeness (QED) is 0.354. The number of nitrogens with zero attached hydrogens (tertiary/aromatic N) is 3. The molecule has 8 heteroatoms. The summed E-state index contributed by atoms with van der Waals surface area (Å²) in [4.78, 5) is 12.1. The SMILES string of the molecule is O=C(CCSc1nnc(-c2ccccc2Br)n1-c1ccccc1)NCc1ccco1. The molecule has 0 fully saturated rings. The number of nitrogens with one attached hydrogen (secondary N) is 1. The highest BCUT2D eigenvalue weighted by atomic mass is 79.9. The molecular formula is C22H19BrN4O2S. The molecule has 152 valence electrons. The third-order valence-corrected chi connectivity index (χ3v) is 5.98. The maximum atomic E-state index is 12.1. The van der Waals surface area contributed by atoms with Gasteiger partial charge in [0, 0.05) is 27.9 Å². The lowest BCUT2D eigenvalue weighted by Gasteiger charge is -2.11. The van der Waals surface area contributed by atoms with Gasteiger partial charge in [0.25, 0.3) is 0 Å². The molecule has 4 aromatic rings. The number of amides is 1. The Hall–Kier alpha value is -2.84. The van der Waals surface area contributed by atoms with Gasteiger partial charge in [0.05, 0.1) is 12.8 Å². The van der Waals surface area contributed by atoms with E-state index in [4.69, 9.17) is 4.42 Å². The highest BCUT2D eigenvalue weighted by Gasteiger charge is 2.18. The molecule has 6 nitrogen and oxygen atoms in total. The third-order valence-electron chi connectivity index (χ3n) is 4.36. The Morgan fingerprint density at radius 3 is 2.60 bits per heavy atom. The Bertz CT molecular complexity index is 1110. The van der Waals surface area contributed by atoms with Gasteiger partial charge in [-0.2, -0.15) is 0 Å². The molecule has 0 saturated carbocycles. The predicted molar refractivity (Wildman–Crippen MR) is 120 cm³/mol. The van der Waals surface area contributed by atoms with E-state index in [1.165, 1.54) is 11.8 Å². The fraction of sp³-hybridized carbons (Fsp3) is 0.136. The van der Waals surface area contributed by atoms with Gasteiger partial charge in [0.2, 0.25) is 5.91 Å². The van der Waals surface area contributed by atoms with Crippen molar-refractivity contribution in [1.29, 1.82) is 0 Å². The molecule has 30 heavy (non-hydrogen) atoms. The van der Waals surface area contributed by atoms with E-state index in [2.05, 4.69) is 31.4 Å². The Morgan fingerprint density at radius 2 is 1.83 bits per heavy atom. The summed E-state index contributed by atoms with van der Waals surface area (Å²) in [6, 6.07) is 21.5. The van der Waals surface area contributed by atoms with E-state index in [1.54, 1.807) is 12.3 Å². The van der Waals surface area contributed by atoms with Crippen LogP contribution in [0.1, 0.15) is 12.2 Å². The summed E-state index contributed by atoms with van der Waals surface area (Å²) in [5.41, 5.74) is 1.93. The van der Waals surface area contributed by atoms with Crippen LogP contribution in [0, 0.1) is 0 Å². The van der Waals surface area contributed by atoms with Crippen LogP contribution in [-0.4, -0.2) is 26.4 Å².